The predicted molar refractivity (Wildman–Crippen MR) is 89.6 cm³/mol. The zero-order valence-corrected chi connectivity index (χ0v) is 14.4. The number of hydrogen-bond donors (Lipinski definition) is 1. The van der Waals surface area contributed by atoms with E-state index in [0.29, 0.717) is 0 Å². The minimum absolute atomic E-state index is 0.194. The van der Waals surface area contributed by atoms with E-state index in [1.807, 2.05) is 30.3 Å². The fourth-order valence-electron chi connectivity index (χ4n) is 1.81. The normalized spacial score (nSPS) is 12.6. The molecule has 1 atom stereocenters. The van der Waals surface area contributed by atoms with Crippen LogP contribution in [0.4, 0.5) is 0 Å². The SMILES string of the molecule is CCCNC(CSc1ccc(Cl)cc1)c1occc1Br. The summed E-state index contributed by atoms with van der Waals surface area (Å²) < 4.78 is 6.60. The van der Waals surface area contributed by atoms with Crippen molar-refractivity contribution in [2.75, 3.05) is 12.3 Å². The van der Waals surface area contributed by atoms with Crippen molar-refractivity contribution in [1.29, 1.82) is 0 Å². The van der Waals surface area contributed by atoms with Crippen LogP contribution in [0.3, 0.4) is 0 Å². The summed E-state index contributed by atoms with van der Waals surface area (Å²) in [6.07, 6.45) is 2.81. The Morgan fingerprint density at radius 1 is 1.30 bits per heavy atom. The van der Waals surface area contributed by atoms with Gasteiger partial charge in [0.25, 0.3) is 0 Å². The van der Waals surface area contributed by atoms with Gasteiger partial charge in [-0.25, -0.2) is 0 Å². The van der Waals surface area contributed by atoms with Crippen molar-refractivity contribution in [2.45, 2.75) is 24.3 Å². The lowest BCUT2D eigenvalue weighted by Crippen LogP contribution is -2.24. The summed E-state index contributed by atoms with van der Waals surface area (Å²) in [6, 6.07) is 10.0. The van der Waals surface area contributed by atoms with Crippen molar-refractivity contribution in [3.05, 3.63) is 51.9 Å². The van der Waals surface area contributed by atoms with Crippen LogP contribution >= 0.6 is 39.3 Å². The van der Waals surface area contributed by atoms with Gasteiger partial charge in [0.1, 0.15) is 5.76 Å². The lowest BCUT2D eigenvalue weighted by molar-refractivity contribution is 0.433. The lowest BCUT2D eigenvalue weighted by Gasteiger charge is -2.16. The van der Waals surface area contributed by atoms with E-state index in [0.717, 1.165) is 34.0 Å². The molecule has 1 heterocycles. The third-order valence-electron chi connectivity index (χ3n) is 2.83. The van der Waals surface area contributed by atoms with Gasteiger partial charge in [-0.2, -0.15) is 0 Å². The fraction of sp³-hybridized carbons (Fsp3) is 0.333. The van der Waals surface area contributed by atoms with Gasteiger partial charge in [-0.15, -0.1) is 11.8 Å². The Kier molecular flexibility index (Phi) is 6.49. The number of halogens is 2. The topological polar surface area (TPSA) is 25.2 Å². The molecule has 1 aromatic carbocycles. The first kappa shape index (κ1) is 16.0. The zero-order chi connectivity index (χ0) is 14.4. The van der Waals surface area contributed by atoms with Crippen LogP contribution in [0.2, 0.25) is 5.02 Å². The molecular weight excluding hydrogens is 358 g/mol. The molecule has 2 nitrogen and oxygen atoms in total. The third-order valence-corrected chi connectivity index (χ3v) is 4.84. The summed E-state index contributed by atoms with van der Waals surface area (Å²) in [6.45, 7) is 3.13. The highest BCUT2D eigenvalue weighted by Crippen LogP contribution is 2.30. The Labute approximate surface area is 137 Å². The number of benzene rings is 1. The van der Waals surface area contributed by atoms with Crippen LogP contribution < -0.4 is 5.32 Å². The third kappa shape index (κ3) is 4.55. The Hall–Kier alpha value is -0.420. The van der Waals surface area contributed by atoms with E-state index < -0.39 is 0 Å². The van der Waals surface area contributed by atoms with E-state index in [-0.39, 0.29) is 6.04 Å². The second-order valence-corrected chi connectivity index (χ2v) is 6.79. The van der Waals surface area contributed by atoms with E-state index in [1.165, 1.54) is 4.90 Å². The molecule has 0 fully saturated rings. The molecule has 0 spiro atoms. The maximum absolute atomic E-state index is 5.90. The smallest absolute Gasteiger partial charge is 0.135 e. The predicted octanol–water partition coefficient (Wildman–Crippen LogP) is 5.53. The van der Waals surface area contributed by atoms with Gasteiger partial charge in [0.15, 0.2) is 0 Å². The van der Waals surface area contributed by atoms with Gasteiger partial charge in [-0.1, -0.05) is 18.5 Å². The summed E-state index contributed by atoms with van der Waals surface area (Å²) in [5.41, 5.74) is 0. The first-order valence-corrected chi connectivity index (χ1v) is 8.71. The maximum atomic E-state index is 5.90. The summed E-state index contributed by atoms with van der Waals surface area (Å²) >= 11 is 11.2. The molecule has 1 unspecified atom stereocenters. The highest BCUT2D eigenvalue weighted by atomic mass is 79.9. The van der Waals surface area contributed by atoms with Crippen molar-refractivity contribution in [3.63, 3.8) is 0 Å². The van der Waals surface area contributed by atoms with Crippen LogP contribution in [0, 0.1) is 0 Å². The highest BCUT2D eigenvalue weighted by molar-refractivity contribution is 9.10. The molecule has 2 rings (SSSR count). The molecule has 1 N–H and O–H groups in total. The fourth-order valence-corrected chi connectivity index (χ4v) is 3.37. The molecule has 0 amide bonds. The van der Waals surface area contributed by atoms with Crippen LogP contribution in [-0.4, -0.2) is 12.3 Å². The minimum Gasteiger partial charge on any atom is -0.466 e. The van der Waals surface area contributed by atoms with Gasteiger partial charge in [0, 0.05) is 15.7 Å². The quantitative estimate of drug-likeness (QED) is 0.645. The van der Waals surface area contributed by atoms with Crippen molar-refractivity contribution < 1.29 is 4.42 Å². The average molecular weight is 375 g/mol. The van der Waals surface area contributed by atoms with Gasteiger partial charge in [-0.3, -0.25) is 0 Å². The largest absolute Gasteiger partial charge is 0.466 e. The van der Waals surface area contributed by atoms with Crippen LogP contribution in [-0.2, 0) is 0 Å². The molecule has 0 bridgehead atoms. The summed E-state index contributed by atoms with van der Waals surface area (Å²) in [5.74, 6) is 1.87. The van der Waals surface area contributed by atoms with Crippen LogP contribution in [0.1, 0.15) is 25.1 Å². The lowest BCUT2D eigenvalue weighted by atomic mass is 10.2. The van der Waals surface area contributed by atoms with Gasteiger partial charge < -0.3 is 9.73 Å². The van der Waals surface area contributed by atoms with Crippen molar-refractivity contribution >= 4 is 39.3 Å². The molecule has 20 heavy (non-hydrogen) atoms. The van der Waals surface area contributed by atoms with Gasteiger partial charge >= 0.3 is 0 Å². The Bertz CT molecular complexity index is 529. The van der Waals surface area contributed by atoms with Gasteiger partial charge in [0.2, 0.25) is 0 Å². The molecule has 2 aromatic rings. The van der Waals surface area contributed by atoms with Crippen LogP contribution in [0.5, 0.6) is 0 Å². The van der Waals surface area contributed by atoms with Gasteiger partial charge in [0.05, 0.1) is 16.8 Å². The molecule has 1 aromatic heterocycles. The standard InChI is InChI=1S/C15H17BrClNOS/c1-2-8-18-14(15-13(16)7-9-19-15)10-20-12-5-3-11(17)4-6-12/h3-7,9,14,18H,2,8,10H2,1H3. The Morgan fingerprint density at radius 2 is 2.05 bits per heavy atom. The Morgan fingerprint density at radius 3 is 2.65 bits per heavy atom. The molecule has 0 radical (unpaired) electrons. The molecule has 0 aliphatic heterocycles. The second-order valence-electron chi connectivity index (χ2n) is 4.40. The zero-order valence-electron chi connectivity index (χ0n) is 11.2. The number of thioether (sulfide) groups is 1. The van der Waals surface area contributed by atoms with E-state index in [2.05, 4.69) is 28.2 Å². The van der Waals surface area contributed by atoms with Crippen molar-refractivity contribution in [1.82, 2.24) is 5.32 Å². The minimum atomic E-state index is 0.194. The first-order valence-electron chi connectivity index (χ1n) is 6.55. The highest BCUT2D eigenvalue weighted by Gasteiger charge is 2.17. The van der Waals surface area contributed by atoms with E-state index in [9.17, 15) is 0 Å². The molecule has 0 aliphatic rings. The molecule has 0 saturated carbocycles. The number of hydrogen-bond acceptors (Lipinski definition) is 3. The van der Waals surface area contributed by atoms with Gasteiger partial charge in [-0.05, 0) is 59.2 Å². The number of rotatable bonds is 7. The van der Waals surface area contributed by atoms with Crippen LogP contribution in [0.15, 0.2) is 50.4 Å². The van der Waals surface area contributed by atoms with E-state index in [4.69, 9.17) is 16.0 Å². The summed E-state index contributed by atoms with van der Waals surface area (Å²) in [5, 5.41) is 4.29. The average Bonchev–Trinajstić information content (AvgIpc) is 2.87. The van der Waals surface area contributed by atoms with E-state index in [1.54, 1.807) is 18.0 Å². The number of nitrogens with one attached hydrogen (secondary N) is 1. The molecule has 5 heteroatoms. The van der Waals surface area contributed by atoms with E-state index >= 15 is 0 Å². The van der Waals surface area contributed by atoms with Crippen molar-refractivity contribution in [3.8, 4) is 0 Å². The molecule has 0 saturated heterocycles. The maximum Gasteiger partial charge on any atom is 0.135 e. The summed E-state index contributed by atoms with van der Waals surface area (Å²) in [4.78, 5) is 1.21. The summed E-state index contributed by atoms with van der Waals surface area (Å²) in [7, 11) is 0. The second kappa shape index (κ2) is 8.13. The molecular formula is C15H17BrClNOS. The monoisotopic (exact) mass is 373 g/mol. The molecule has 0 aliphatic carbocycles. The molecule has 108 valence electrons. The number of furan rings is 1. The Balaban J connectivity index is 2.01. The van der Waals surface area contributed by atoms with Crippen LogP contribution in [0.25, 0.3) is 0 Å². The van der Waals surface area contributed by atoms with Crippen molar-refractivity contribution in [2.24, 2.45) is 0 Å². The first-order chi connectivity index (χ1) is 9.70.